The highest BCUT2D eigenvalue weighted by molar-refractivity contribution is 9.10. The third-order valence-corrected chi connectivity index (χ3v) is 2.89. The highest BCUT2D eigenvalue weighted by Gasteiger charge is 2.19. The normalized spacial score (nSPS) is 11.6. The van der Waals surface area contributed by atoms with Gasteiger partial charge in [-0.1, -0.05) is 15.9 Å². The van der Waals surface area contributed by atoms with E-state index in [2.05, 4.69) is 15.9 Å². The summed E-state index contributed by atoms with van der Waals surface area (Å²) in [5.41, 5.74) is 1.06. The van der Waals surface area contributed by atoms with E-state index in [-0.39, 0.29) is 0 Å². The lowest BCUT2D eigenvalue weighted by atomic mass is 10.1. The highest BCUT2D eigenvalue weighted by Crippen LogP contribution is 2.24. The number of carboxylic acid groups (broad SMARTS) is 1. The van der Waals surface area contributed by atoms with E-state index >= 15 is 0 Å². The molecule has 1 aromatic carbocycles. The molecule has 1 N–H and O–H groups in total. The molecule has 0 heterocycles. The molecule has 0 aromatic heterocycles. The van der Waals surface area contributed by atoms with Crippen molar-refractivity contribution in [2.75, 3.05) is 11.9 Å². The SMILES string of the molecule is CC(C(=O)O)N(C)c1ccc(Br)cc1C#N. The zero-order valence-electron chi connectivity index (χ0n) is 8.94. The third kappa shape index (κ3) is 2.52. The molecule has 1 atom stereocenters. The van der Waals surface area contributed by atoms with Crippen LogP contribution in [0.4, 0.5) is 5.69 Å². The molecule has 1 aromatic rings. The number of nitrogens with zero attached hydrogens (tertiary/aromatic N) is 2. The minimum absolute atomic E-state index is 0.449. The maximum Gasteiger partial charge on any atom is 0.326 e. The van der Waals surface area contributed by atoms with Gasteiger partial charge in [0.05, 0.1) is 11.3 Å². The molecule has 0 radical (unpaired) electrons. The van der Waals surface area contributed by atoms with Crippen LogP contribution < -0.4 is 4.90 Å². The monoisotopic (exact) mass is 282 g/mol. The van der Waals surface area contributed by atoms with Gasteiger partial charge in [-0.25, -0.2) is 4.79 Å². The van der Waals surface area contributed by atoms with Gasteiger partial charge in [0.2, 0.25) is 0 Å². The van der Waals surface area contributed by atoms with Gasteiger partial charge in [-0.05, 0) is 25.1 Å². The summed E-state index contributed by atoms with van der Waals surface area (Å²) in [6, 6.07) is 6.54. The van der Waals surface area contributed by atoms with Crippen LogP contribution in [-0.4, -0.2) is 24.2 Å². The molecule has 16 heavy (non-hydrogen) atoms. The molecule has 0 fully saturated rings. The fourth-order valence-electron chi connectivity index (χ4n) is 1.28. The molecule has 1 unspecified atom stereocenters. The van der Waals surface area contributed by atoms with Crippen molar-refractivity contribution in [1.82, 2.24) is 0 Å². The van der Waals surface area contributed by atoms with Gasteiger partial charge >= 0.3 is 5.97 Å². The average Bonchev–Trinajstić information content (AvgIpc) is 2.26. The van der Waals surface area contributed by atoms with Crippen LogP contribution in [0.3, 0.4) is 0 Å². The molecule has 0 saturated heterocycles. The van der Waals surface area contributed by atoms with E-state index in [1.807, 2.05) is 6.07 Å². The van der Waals surface area contributed by atoms with E-state index in [1.165, 1.54) is 0 Å². The van der Waals surface area contributed by atoms with Gasteiger partial charge in [-0.15, -0.1) is 0 Å². The number of hydrogen-bond donors (Lipinski definition) is 1. The highest BCUT2D eigenvalue weighted by atomic mass is 79.9. The Morgan fingerprint density at radius 3 is 2.75 bits per heavy atom. The van der Waals surface area contributed by atoms with Gasteiger partial charge in [0.25, 0.3) is 0 Å². The Kier molecular flexibility index (Phi) is 3.91. The van der Waals surface area contributed by atoms with Crippen LogP contribution in [0.15, 0.2) is 22.7 Å². The van der Waals surface area contributed by atoms with Crippen molar-refractivity contribution >= 4 is 27.6 Å². The minimum atomic E-state index is -0.922. The largest absolute Gasteiger partial charge is 0.480 e. The van der Waals surface area contributed by atoms with Crippen LogP contribution in [0.2, 0.25) is 0 Å². The fraction of sp³-hybridized carbons (Fsp3) is 0.273. The summed E-state index contributed by atoms with van der Waals surface area (Å²) < 4.78 is 0.796. The molecule has 5 heteroatoms. The molecular formula is C11H11BrN2O2. The molecule has 0 aliphatic rings. The van der Waals surface area contributed by atoms with E-state index in [0.29, 0.717) is 11.3 Å². The summed E-state index contributed by atoms with van der Waals surface area (Å²) in [5, 5.41) is 17.9. The van der Waals surface area contributed by atoms with E-state index in [0.717, 1.165) is 4.47 Å². The first-order valence-corrected chi connectivity index (χ1v) is 5.42. The number of carboxylic acids is 1. The van der Waals surface area contributed by atoms with Crippen LogP contribution in [0.5, 0.6) is 0 Å². The number of halogens is 1. The van der Waals surface area contributed by atoms with Crippen molar-refractivity contribution in [3.05, 3.63) is 28.2 Å². The number of aliphatic carboxylic acids is 1. The Balaban J connectivity index is 3.14. The molecule has 0 bridgehead atoms. The van der Waals surface area contributed by atoms with Crippen molar-refractivity contribution in [2.45, 2.75) is 13.0 Å². The van der Waals surface area contributed by atoms with Crippen molar-refractivity contribution in [1.29, 1.82) is 5.26 Å². The van der Waals surface area contributed by atoms with Gasteiger partial charge < -0.3 is 10.0 Å². The maximum absolute atomic E-state index is 10.8. The lowest BCUT2D eigenvalue weighted by Gasteiger charge is -2.24. The Labute approximate surface area is 102 Å². The van der Waals surface area contributed by atoms with Crippen LogP contribution in [0, 0.1) is 11.3 Å². The number of nitriles is 1. The standard InChI is InChI=1S/C11H11BrN2O2/c1-7(11(15)16)14(2)10-4-3-9(12)5-8(10)6-13/h3-5,7H,1-2H3,(H,15,16). The van der Waals surface area contributed by atoms with Crippen molar-refractivity contribution in [3.63, 3.8) is 0 Å². The lowest BCUT2D eigenvalue weighted by molar-refractivity contribution is -0.138. The Hall–Kier alpha value is -1.54. The average molecular weight is 283 g/mol. The van der Waals surface area contributed by atoms with Crippen LogP contribution in [0.25, 0.3) is 0 Å². The molecule has 0 saturated carbocycles. The predicted octanol–water partition coefficient (Wildman–Crippen LogP) is 2.23. The number of benzene rings is 1. The van der Waals surface area contributed by atoms with E-state index in [4.69, 9.17) is 10.4 Å². The first-order chi connectivity index (χ1) is 7.47. The first-order valence-electron chi connectivity index (χ1n) is 4.62. The van der Waals surface area contributed by atoms with Crippen molar-refractivity contribution in [3.8, 4) is 6.07 Å². The summed E-state index contributed by atoms with van der Waals surface area (Å²) in [6.07, 6.45) is 0. The Bertz CT molecular complexity index is 454. The number of hydrogen-bond acceptors (Lipinski definition) is 3. The number of rotatable bonds is 3. The molecule has 0 spiro atoms. The topological polar surface area (TPSA) is 64.3 Å². The third-order valence-electron chi connectivity index (χ3n) is 2.40. The van der Waals surface area contributed by atoms with E-state index in [1.54, 1.807) is 37.1 Å². The summed E-state index contributed by atoms with van der Waals surface area (Å²) in [6.45, 7) is 1.57. The fourth-order valence-corrected chi connectivity index (χ4v) is 1.64. The van der Waals surface area contributed by atoms with E-state index < -0.39 is 12.0 Å². The molecule has 1 rings (SSSR count). The Morgan fingerprint density at radius 2 is 2.25 bits per heavy atom. The quantitative estimate of drug-likeness (QED) is 0.923. The number of anilines is 1. The zero-order valence-corrected chi connectivity index (χ0v) is 10.5. The van der Waals surface area contributed by atoms with Gasteiger partial charge in [-0.2, -0.15) is 5.26 Å². The second-order valence-corrected chi connectivity index (χ2v) is 4.31. The lowest BCUT2D eigenvalue weighted by Crippen LogP contribution is -2.36. The molecule has 4 nitrogen and oxygen atoms in total. The van der Waals surface area contributed by atoms with E-state index in [9.17, 15) is 4.79 Å². The van der Waals surface area contributed by atoms with Crippen LogP contribution in [0.1, 0.15) is 12.5 Å². The summed E-state index contributed by atoms with van der Waals surface area (Å²) in [7, 11) is 1.66. The van der Waals surface area contributed by atoms with Crippen LogP contribution in [-0.2, 0) is 4.79 Å². The smallest absolute Gasteiger partial charge is 0.326 e. The summed E-state index contributed by atoms with van der Waals surface area (Å²) in [4.78, 5) is 12.4. The van der Waals surface area contributed by atoms with Gasteiger partial charge in [-0.3, -0.25) is 0 Å². The summed E-state index contributed by atoms with van der Waals surface area (Å²) in [5.74, 6) is -0.922. The number of likely N-dealkylation sites (N-methyl/N-ethyl adjacent to an activating group) is 1. The molecule has 0 amide bonds. The molecule has 0 aliphatic heterocycles. The van der Waals surface area contributed by atoms with Crippen molar-refractivity contribution < 1.29 is 9.90 Å². The molecule has 0 aliphatic carbocycles. The van der Waals surface area contributed by atoms with Gasteiger partial charge in [0.1, 0.15) is 12.1 Å². The first kappa shape index (κ1) is 12.5. The van der Waals surface area contributed by atoms with Crippen LogP contribution >= 0.6 is 15.9 Å². The Morgan fingerprint density at radius 1 is 1.62 bits per heavy atom. The van der Waals surface area contributed by atoms with Gasteiger partial charge in [0, 0.05) is 11.5 Å². The minimum Gasteiger partial charge on any atom is -0.480 e. The predicted molar refractivity (Wildman–Crippen MR) is 64.4 cm³/mol. The second kappa shape index (κ2) is 4.99. The zero-order chi connectivity index (χ0) is 12.3. The maximum atomic E-state index is 10.8. The molecular weight excluding hydrogens is 272 g/mol. The van der Waals surface area contributed by atoms with Gasteiger partial charge in [0.15, 0.2) is 0 Å². The molecule has 84 valence electrons. The van der Waals surface area contributed by atoms with Crippen molar-refractivity contribution in [2.24, 2.45) is 0 Å². The summed E-state index contributed by atoms with van der Waals surface area (Å²) >= 11 is 3.27. The number of carbonyl (C=O) groups is 1. The second-order valence-electron chi connectivity index (χ2n) is 3.40.